The number of nitrogens with one attached hydrogen (secondary N) is 1. The summed E-state index contributed by atoms with van der Waals surface area (Å²) in [6.45, 7) is 7.61. The molecule has 1 aliphatic rings. The van der Waals surface area contributed by atoms with Crippen LogP contribution in [0.3, 0.4) is 0 Å². The number of nitrogens with zero attached hydrogens (tertiary/aromatic N) is 1. The summed E-state index contributed by atoms with van der Waals surface area (Å²) in [5, 5.41) is 3.58. The van der Waals surface area contributed by atoms with Crippen LogP contribution in [0.5, 0.6) is 5.75 Å². The zero-order chi connectivity index (χ0) is 15.2. The molecule has 0 saturated heterocycles. The molecule has 2 rings (SSSR count). The molecule has 3 heteroatoms. The van der Waals surface area contributed by atoms with Gasteiger partial charge in [0.1, 0.15) is 5.75 Å². The van der Waals surface area contributed by atoms with Gasteiger partial charge >= 0.3 is 0 Å². The van der Waals surface area contributed by atoms with E-state index >= 15 is 0 Å². The van der Waals surface area contributed by atoms with Crippen molar-refractivity contribution in [3.63, 3.8) is 0 Å². The van der Waals surface area contributed by atoms with Gasteiger partial charge in [-0.15, -0.1) is 0 Å². The van der Waals surface area contributed by atoms with Crippen LogP contribution in [0.15, 0.2) is 18.2 Å². The standard InChI is InChI=1S/C18H30N2O/c1-5-14(2)12-20(3)13-16-10-15(6-9-18(16)21-4)11-19-17-7-8-17/h6,9-10,14,17,19H,5,7-8,11-13H2,1-4H3. The zero-order valence-corrected chi connectivity index (χ0v) is 14.0. The molecule has 0 bridgehead atoms. The largest absolute Gasteiger partial charge is 0.496 e. The Morgan fingerprint density at radius 1 is 1.38 bits per heavy atom. The Balaban J connectivity index is 1.98. The Hall–Kier alpha value is -1.06. The molecule has 0 heterocycles. The van der Waals surface area contributed by atoms with Crippen molar-refractivity contribution in [3.05, 3.63) is 29.3 Å². The number of methoxy groups -OCH3 is 1. The monoisotopic (exact) mass is 290 g/mol. The van der Waals surface area contributed by atoms with E-state index in [0.717, 1.165) is 37.3 Å². The molecule has 0 aliphatic heterocycles. The maximum Gasteiger partial charge on any atom is 0.123 e. The van der Waals surface area contributed by atoms with Gasteiger partial charge in [-0.05, 0) is 43.5 Å². The second kappa shape index (κ2) is 7.81. The van der Waals surface area contributed by atoms with Crippen LogP contribution in [-0.2, 0) is 13.1 Å². The summed E-state index contributed by atoms with van der Waals surface area (Å²) >= 11 is 0. The minimum absolute atomic E-state index is 0.737. The van der Waals surface area contributed by atoms with Gasteiger partial charge < -0.3 is 15.0 Å². The highest BCUT2D eigenvalue weighted by Gasteiger charge is 2.20. The third-order valence-electron chi connectivity index (χ3n) is 4.28. The first-order valence-corrected chi connectivity index (χ1v) is 8.20. The summed E-state index contributed by atoms with van der Waals surface area (Å²) < 4.78 is 5.52. The van der Waals surface area contributed by atoms with Crippen LogP contribution in [-0.4, -0.2) is 31.6 Å². The van der Waals surface area contributed by atoms with E-state index in [1.165, 1.54) is 30.4 Å². The van der Waals surface area contributed by atoms with E-state index < -0.39 is 0 Å². The smallest absolute Gasteiger partial charge is 0.123 e. The molecule has 0 spiro atoms. The second-order valence-electron chi connectivity index (χ2n) is 6.51. The Kier molecular flexibility index (Phi) is 6.07. The minimum Gasteiger partial charge on any atom is -0.496 e. The molecule has 0 amide bonds. The van der Waals surface area contributed by atoms with Crippen LogP contribution in [0.4, 0.5) is 0 Å². The Labute approximate surface area is 129 Å². The van der Waals surface area contributed by atoms with Crippen molar-refractivity contribution >= 4 is 0 Å². The lowest BCUT2D eigenvalue weighted by atomic mass is 10.1. The van der Waals surface area contributed by atoms with E-state index in [1.54, 1.807) is 7.11 Å². The summed E-state index contributed by atoms with van der Waals surface area (Å²) in [5.74, 6) is 1.74. The predicted molar refractivity (Wildman–Crippen MR) is 88.6 cm³/mol. The van der Waals surface area contributed by atoms with Crippen molar-refractivity contribution in [2.75, 3.05) is 20.7 Å². The van der Waals surface area contributed by atoms with Crippen LogP contribution in [0, 0.1) is 5.92 Å². The van der Waals surface area contributed by atoms with E-state index in [9.17, 15) is 0 Å². The summed E-state index contributed by atoms with van der Waals surface area (Å²) in [7, 11) is 3.95. The van der Waals surface area contributed by atoms with Gasteiger partial charge in [0.25, 0.3) is 0 Å². The molecule has 1 aliphatic carbocycles. The molecular formula is C18H30N2O. The van der Waals surface area contributed by atoms with Crippen LogP contribution in [0.25, 0.3) is 0 Å². The fraction of sp³-hybridized carbons (Fsp3) is 0.667. The topological polar surface area (TPSA) is 24.5 Å². The fourth-order valence-corrected chi connectivity index (χ4v) is 2.63. The molecular weight excluding hydrogens is 260 g/mol. The number of benzene rings is 1. The lowest BCUT2D eigenvalue weighted by molar-refractivity contribution is 0.270. The summed E-state index contributed by atoms with van der Waals surface area (Å²) in [5.41, 5.74) is 2.65. The van der Waals surface area contributed by atoms with Crippen molar-refractivity contribution in [2.24, 2.45) is 5.92 Å². The highest BCUT2D eigenvalue weighted by molar-refractivity contribution is 5.37. The molecule has 1 saturated carbocycles. The SMILES string of the molecule is CCC(C)CN(C)Cc1cc(CNC2CC2)ccc1OC. The summed E-state index contributed by atoms with van der Waals surface area (Å²) in [6.07, 6.45) is 3.90. The molecule has 1 fully saturated rings. The average Bonchev–Trinajstić information content (AvgIpc) is 3.29. The van der Waals surface area contributed by atoms with Gasteiger partial charge in [-0.2, -0.15) is 0 Å². The van der Waals surface area contributed by atoms with E-state index in [0.29, 0.717) is 0 Å². The normalized spacial score (nSPS) is 16.2. The molecule has 0 aromatic heterocycles. The first kappa shape index (κ1) is 16.3. The molecule has 118 valence electrons. The van der Waals surface area contributed by atoms with Crippen molar-refractivity contribution in [2.45, 2.75) is 52.2 Å². The highest BCUT2D eigenvalue weighted by Crippen LogP contribution is 2.23. The van der Waals surface area contributed by atoms with E-state index in [1.807, 2.05) is 0 Å². The van der Waals surface area contributed by atoms with Crippen molar-refractivity contribution in [1.82, 2.24) is 10.2 Å². The number of hydrogen-bond acceptors (Lipinski definition) is 3. The van der Waals surface area contributed by atoms with Gasteiger partial charge in [0.05, 0.1) is 7.11 Å². The molecule has 1 atom stereocenters. The van der Waals surface area contributed by atoms with Crippen LogP contribution in [0.1, 0.15) is 44.2 Å². The van der Waals surface area contributed by atoms with Gasteiger partial charge in [-0.3, -0.25) is 0 Å². The third kappa shape index (κ3) is 5.33. The van der Waals surface area contributed by atoms with Crippen molar-refractivity contribution in [1.29, 1.82) is 0 Å². The fourth-order valence-electron chi connectivity index (χ4n) is 2.63. The van der Waals surface area contributed by atoms with Gasteiger partial charge in [-0.25, -0.2) is 0 Å². The van der Waals surface area contributed by atoms with Gasteiger partial charge in [0.15, 0.2) is 0 Å². The molecule has 21 heavy (non-hydrogen) atoms. The molecule has 0 radical (unpaired) electrons. The lowest BCUT2D eigenvalue weighted by Gasteiger charge is -2.22. The predicted octanol–water partition coefficient (Wildman–Crippen LogP) is 3.43. The van der Waals surface area contributed by atoms with Crippen molar-refractivity contribution in [3.8, 4) is 5.75 Å². The lowest BCUT2D eigenvalue weighted by Crippen LogP contribution is -2.24. The third-order valence-corrected chi connectivity index (χ3v) is 4.28. The molecule has 1 unspecified atom stereocenters. The highest BCUT2D eigenvalue weighted by atomic mass is 16.5. The van der Waals surface area contributed by atoms with Gasteiger partial charge in [0.2, 0.25) is 0 Å². The van der Waals surface area contributed by atoms with Crippen LogP contribution < -0.4 is 10.1 Å². The summed E-state index contributed by atoms with van der Waals surface area (Å²) in [6, 6.07) is 7.33. The maximum atomic E-state index is 5.52. The first-order chi connectivity index (χ1) is 10.1. The van der Waals surface area contributed by atoms with Gasteiger partial charge in [-0.1, -0.05) is 26.3 Å². The van der Waals surface area contributed by atoms with Crippen LogP contribution >= 0.6 is 0 Å². The average molecular weight is 290 g/mol. The Morgan fingerprint density at radius 2 is 2.14 bits per heavy atom. The second-order valence-corrected chi connectivity index (χ2v) is 6.51. The Bertz CT molecular complexity index is 443. The minimum atomic E-state index is 0.737. The molecule has 1 aromatic carbocycles. The van der Waals surface area contributed by atoms with E-state index in [-0.39, 0.29) is 0 Å². The summed E-state index contributed by atoms with van der Waals surface area (Å²) in [4.78, 5) is 2.39. The molecule has 1 N–H and O–H groups in total. The number of rotatable bonds is 9. The number of ether oxygens (including phenoxy) is 1. The quantitative estimate of drug-likeness (QED) is 0.754. The number of hydrogen-bond donors (Lipinski definition) is 1. The molecule has 3 nitrogen and oxygen atoms in total. The molecule has 1 aromatic rings. The van der Waals surface area contributed by atoms with Crippen molar-refractivity contribution < 1.29 is 4.74 Å². The maximum absolute atomic E-state index is 5.52. The van der Waals surface area contributed by atoms with Crippen LogP contribution in [0.2, 0.25) is 0 Å². The first-order valence-electron chi connectivity index (χ1n) is 8.20. The van der Waals surface area contributed by atoms with E-state index in [2.05, 4.69) is 49.3 Å². The van der Waals surface area contributed by atoms with Gasteiger partial charge in [0, 0.05) is 31.2 Å². The van der Waals surface area contributed by atoms with E-state index in [4.69, 9.17) is 4.74 Å². The Morgan fingerprint density at radius 3 is 2.76 bits per heavy atom. The zero-order valence-electron chi connectivity index (χ0n) is 14.0.